The molecule has 1 aliphatic heterocycles. The molecule has 0 radical (unpaired) electrons. The summed E-state index contributed by atoms with van der Waals surface area (Å²) in [6, 6.07) is 0.771. The van der Waals surface area contributed by atoms with E-state index in [1.165, 1.54) is 44.5 Å². The van der Waals surface area contributed by atoms with Crippen molar-refractivity contribution in [2.75, 3.05) is 44.7 Å². The van der Waals surface area contributed by atoms with E-state index in [-0.39, 0.29) is 0 Å². The summed E-state index contributed by atoms with van der Waals surface area (Å²) >= 11 is 1.89. The quantitative estimate of drug-likeness (QED) is 0.390. The number of aliphatic imine (C=N–C) groups is 1. The third-order valence-electron chi connectivity index (χ3n) is 3.98. The van der Waals surface area contributed by atoms with Crippen LogP contribution in [0.1, 0.15) is 46.0 Å². The fourth-order valence-corrected chi connectivity index (χ4v) is 3.14. The number of nitrogens with one attached hydrogen (secondary N) is 2. The first-order valence-corrected chi connectivity index (χ1v) is 9.92. The van der Waals surface area contributed by atoms with Gasteiger partial charge in [0.15, 0.2) is 5.96 Å². The second-order valence-corrected chi connectivity index (χ2v) is 6.75. The van der Waals surface area contributed by atoms with Gasteiger partial charge < -0.3 is 15.5 Å². The first kappa shape index (κ1) is 18.6. The number of nitrogens with zero attached hydrogens (tertiary/aromatic N) is 2. The Bertz CT molecular complexity index is 283. The predicted octanol–water partition coefficient (Wildman–Crippen LogP) is 2.56. The third kappa shape index (κ3) is 8.57. The van der Waals surface area contributed by atoms with E-state index in [2.05, 4.69) is 40.6 Å². The Kier molecular flexibility index (Phi) is 10.8. The van der Waals surface area contributed by atoms with E-state index in [0.717, 1.165) is 38.1 Å². The first-order chi connectivity index (χ1) is 10.3. The number of hydrogen-bond donors (Lipinski definition) is 2. The maximum atomic E-state index is 4.62. The van der Waals surface area contributed by atoms with Crippen molar-refractivity contribution < 1.29 is 0 Å². The number of hydrogen-bond acceptors (Lipinski definition) is 3. The molecule has 0 aromatic carbocycles. The molecule has 124 valence electrons. The molecule has 5 heteroatoms. The van der Waals surface area contributed by atoms with Crippen LogP contribution in [0.15, 0.2) is 4.99 Å². The highest BCUT2D eigenvalue weighted by Crippen LogP contribution is 2.15. The summed E-state index contributed by atoms with van der Waals surface area (Å²) in [6.07, 6.45) is 8.64. The Balaban J connectivity index is 2.17. The zero-order chi connectivity index (χ0) is 15.3. The molecule has 1 heterocycles. The van der Waals surface area contributed by atoms with Crippen LogP contribution in [-0.4, -0.2) is 61.6 Å². The molecule has 0 saturated carbocycles. The predicted molar refractivity (Wildman–Crippen MR) is 96.5 cm³/mol. The highest BCUT2D eigenvalue weighted by Gasteiger charge is 2.16. The van der Waals surface area contributed by atoms with Gasteiger partial charge in [0.05, 0.1) is 0 Å². The van der Waals surface area contributed by atoms with Crippen molar-refractivity contribution in [3.8, 4) is 0 Å². The Labute approximate surface area is 135 Å². The molecule has 0 aromatic rings. The summed E-state index contributed by atoms with van der Waals surface area (Å²) in [6.45, 7) is 9.83. The lowest BCUT2D eigenvalue weighted by Gasteiger charge is -2.33. The van der Waals surface area contributed by atoms with Crippen molar-refractivity contribution in [3.05, 3.63) is 0 Å². The number of guanidine groups is 1. The Morgan fingerprint density at radius 3 is 2.86 bits per heavy atom. The molecule has 1 fully saturated rings. The SMILES string of the molecule is CCNC(=NCCCSC)NCCCN1CCCCC1C. The normalized spacial score (nSPS) is 20.5. The minimum absolute atomic E-state index is 0.771. The van der Waals surface area contributed by atoms with Crippen LogP contribution in [0.3, 0.4) is 0 Å². The molecule has 0 amide bonds. The second-order valence-electron chi connectivity index (χ2n) is 5.77. The van der Waals surface area contributed by atoms with Crippen LogP contribution in [0.4, 0.5) is 0 Å². The van der Waals surface area contributed by atoms with Crippen LogP contribution in [0.5, 0.6) is 0 Å². The van der Waals surface area contributed by atoms with Crippen LogP contribution >= 0.6 is 11.8 Å². The average Bonchev–Trinajstić information content (AvgIpc) is 2.49. The first-order valence-electron chi connectivity index (χ1n) is 8.53. The van der Waals surface area contributed by atoms with E-state index in [9.17, 15) is 0 Å². The molecular weight excluding hydrogens is 280 g/mol. The second kappa shape index (κ2) is 12.2. The topological polar surface area (TPSA) is 39.7 Å². The molecule has 0 bridgehead atoms. The van der Waals surface area contributed by atoms with E-state index < -0.39 is 0 Å². The van der Waals surface area contributed by atoms with Crippen molar-refractivity contribution in [3.63, 3.8) is 0 Å². The average molecular weight is 315 g/mol. The van der Waals surface area contributed by atoms with Gasteiger partial charge >= 0.3 is 0 Å². The van der Waals surface area contributed by atoms with Gasteiger partial charge in [-0.15, -0.1) is 0 Å². The van der Waals surface area contributed by atoms with Gasteiger partial charge in [0.2, 0.25) is 0 Å². The van der Waals surface area contributed by atoms with E-state index in [1.54, 1.807) is 0 Å². The smallest absolute Gasteiger partial charge is 0.191 e. The molecule has 0 spiro atoms. The molecule has 0 aliphatic carbocycles. The van der Waals surface area contributed by atoms with Crippen molar-refractivity contribution in [2.45, 2.75) is 52.0 Å². The fraction of sp³-hybridized carbons (Fsp3) is 0.938. The van der Waals surface area contributed by atoms with Crippen molar-refractivity contribution in [1.82, 2.24) is 15.5 Å². The highest BCUT2D eigenvalue weighted by atomic mass is 32.2. The van der Waals surface area contributed by atoms with Gasteiger partial charge in [-0.25, -0.2) is 0 Å². The van der Waals surface area contributed by atoms with Crippen LogP contribution in [-0.2, 0) is 0 Å². The molecule has 1 aliphatic rings. The monoisotopic (exact) mass is 314 g/mol. The molecule has 0 aromatic heterocycles. The van der Waals surface area contributed by atoms with Crippen LogP contribution in [0, 0.1) is 0 Å². The summed E-state index contributed by atoms with van der Waals surface area (Å²) in [5, 5.41) is 6.78. The van der Waals surface area contributed by atoms with E-state index in [1.807, 2.05) is 11.8 Å². The molecule has 4 nitrogen and oxygen atoms in total. The lowest BCUT2D eigenvalue weighted by molar-refractivity contribution is 0.159. The summed E-state index contributed by atoms with van der Waals surface area (Å²) in [4.78, 5) is 7.25. The zero-order valence-electron chi connectivity index (χ0n) is 14.2. The van der Waals surface area contributed by atoms with Gasteiger partial charge in [-0.1, -0.05) is 6.42 Å². The minimum atomic E-state index is 0.771. The van der Waals surface area contributed by atoms with E-state index >= 15 is 0 Å². The number of likely N-dealkylation sites (tertiary alicyclic amines) is 1. The van der Waals surface area contributed by atoms with Crippen molar-refractivity contribution >= 4 is 17.7 Å². The third-order valence-corrected chi connectivity index (χ3v) is 4.67. The summed E-state index contributed by atoms with van der Waals surface area (Å²) in [5.41, 5.74) is 0. The summed E-state index contributed by atoms with van der Waals surface area (Å²) < 4.78 is 0. The maximum Gasteiger partial charge on any atom is 0.191 e. The van der Waals surface area contributed by atoms with Gasteiger partial charge in [0, 0.05) is 32.2 Å². The highest BCUT2D eigenvalue weighted by molar-refractivity contribution is 7.98. The van der Waals surface area contributed by atoms with Crippen LogP contribution in [0.25, 0.3) is 0 Å². The fourth-order valence-electron chi connectivity index (χ4n) is 2.72. The Morgan fingerprint density at radius 1 is 1.29 bits per heavy atom. The Morgan fingerprint density at radius 2 is 2.14 bits per heavy atom. The lowest BCUT2D eigenvalue weighted by atomic mass is 10.0. The Hall–Kier alpha value is -0.420. The van der Waals surface area contributed by atoms with Gasteiger partial charge in [0.1, 0.15) is 0 Å². The zero-order valence-corrected chi connectivity index (χ0v) is 15.0. The molecule has 2 N–H and O–H groups in total. The molecule has 1 atom stereocenters. The maximum absolute atomic E-state index is 4.62. The standard InChI is InChI=1S/C16H34N4S/c1-4-17-16(19-11-8-14-21-3)18-10-7-13-20-12-6-5-9-15(20)2/h15H,4-14H2,1-3H3,(H2,17,18,19). The summed E-state index contributed by atoms with van der Waals surface area (Å²) in [5.74, 6) is 2.17. The van der Waals surface area contributed by atoms with Gasteiger partial charge in [0.25, 0.3) is 0 Å². The van der Waals surface area contributed by atoms with Crippen molar-refractivity contribution in [1.29, 1.82) is 0 Å². The molecule has 1 saturated heterocycles. The van der Waals surface area contributed by atoms with Gasteiger partial charge in [-0.05, 0) is 58.1 Å². The lowest BCUT2D eigenvalue weighted by Crippen LogP contribution is -2.41. The molecule has 1 rings (SSSR count). The minimum Gasteiger partial charge on any atom is -0.357 e. The molecule has 21 heavy (non-hydrogen) atoms. The number of piperidine rings is 1. The van der Waals surface area contributed by atoms with Crippen LogP contribution < -0.4 is 10.6 Å². The molecule has 1 unspecified atom stereocenters. The van der Waals surface area contributed by atoms with E-state index in [4.69, 9.17) is 0 Å². The van der Waals surface area contributed by atoms with Crippen molar-refractivity contribution in [2.24, 2.45) is 4.99 Å². The number of thioether (sulfide) groups is 1. The van der Waals surface area contributed by atoms with Gasteiger partial charge in [-0.3, -0.25) is 4.99 Å². The largest absolute Gasteiger partial charge is 0.357 e. The van der Waals surface area contributed by atoms with Gasteiger partial charge in [-0.2, -0.15) is 11.8 Å². The summed E-state index contributed by atoms with van der Waals surface area (Å²) in [7, 11) is 0. The van der Waals surface area contributed by atoms with E-state index in [0.29, 0.717) is 0 Å². The molecular formula is C16H34N4S. The van der Waals surface area contributed by atoms with Crippen LogP contribution in [0.2, 0.25) is 0 Å². The number of rotatable bonds is 9.